The summed E-state index contributed by atoms with van der Waals surface area (Å²) in [4.78, 5) is 17.0. The van der Waals surface area contributed by atoms with E-state index in [1.165, 1.54) is 25.2 Å². The van der Waals surface area contributed by atoms with Crippen molar-refractivity contribution >= 4 is 38.9 Å². The fourth-order valence-electron chi connectivity index (χ4n) is 2.67. The van der Waals surface area contributed by atoms with E-state index >= 15 is 0 Å². The number of hydrogen-bond acceptors (Lipinski definition) is 5. The Morgan fingerprint density at radius 3 is 2.61 bits per heavy atom. The molecular formula is C19H19ClN2O4S2. The van der Waals surface area contributed by atoms with E-state index < -0.39 is 10.0 Å². The van der Waals surface area contributed by atoms with E-state index in [1.807, 2.05) is 19.1 Å². The lowest BCUT2D eigenvalue weighted by atomic mass is 10.2. The molecule has 148 valence electrons. The lowest BCUT2D eigenvalue weighted by Gasteiger charge is -2.22. The third-order valence-electron chi connectivity index (χ3n) is 4.10. The van der Waals surface area contributed by atoms with Crippen LogP contribution in [0.2, 0.25) is 5.02 Å². The average molecular weight is 439 g/mol. The molecule has 0 aliphatic rings. The highest BCUT2D eigenvalue weighted by Crippen LogP contribution is 2.25. The van der Waals surface area contributed by atoms with Gasteiger partial charge < -0.3 is 9.32 Å². The van der Waals surface area contributed by atoms with Crippen LogP contribution in [0.3, 0.4) is 0 Å². The normalized spacial score (nSPS) is 11.5. The number of carbonyl (C=O) groups is 1. The molecule has 1 aromatic carbocycles. The summed E-state index contributed by atoms with van der Waals surface area (Å²) in [7, 11) is -2.38. The number of benzene rings is 1. The second kappa shape index (κ2) is 8.48. The van der Waals surface area contributed by atoms with Crippen molar-refractivity contribution in [2.45, 2.75) is 24.9 Å². The van der Waals surface area contributed by atoms with E-state index in [9.17, 15) is 13.2 Å². The smallest absolute Gasteiger partial charge is 0.256 e. The summed E-state index contributed by atoms with van der Waals surface area (Å²) < 4.78 is 31.9. The second-order valence-corrected chi connectivity index (χ2v) is 9.77. The quantitative estimate of drug-likeness (QED) is 0.603. The predicted molar refractivity (Wildman–Crippen MR) is 109 cm³/mol. The van der Waals surface area contributed by atoms with Gasteiger partial charge in [0.15, 0.2) is 0 Å². The minimum absolute atomic E-state index is 0.0207. The van der Waals surface area contributed by atoms with Crippen LogP contribution in [0, 0.1) is 6.92 Å². The largest absolute Gasteiger partial charge is 0.467 e. The van der Waals surface area contributed by atoms with Crippen LogP contribution in [0.1, 0.15) is 25.9 Å². The van der Waals surface area contributed by atoms with Crippen molar-refractivity contribution < 1.29 is 17.6 Å². The molecule has 0 saturated carbocycles. The number of hydrogen-bond donors (Lipinski definition) is 1. The van der Waals surface area contributed by atoms with Gasteiger partial charge in [-0.1, -0.05) is 11.6 Å². The van der Waals surface area contributed by atoms with Gasteiger partial charge >= 0.3 is 0 Å². The number of furan rings is 1. The number of aryl methyl sites for hydroxylation is 1. The first-order valence-corrected chi connectivity index (χ1v) is 11.1. The summed E-state index contributed by atoms with van der Waals surface area (Å²) in [5.74, 6) is 0.248. The van der Waals surface area contributed by atoms with E-state index in [0.29, 0.717) is 12.3 Å². The van der Waals surface area contributed by atoms with Crippen molar-refractivity contribution in [1.29, 1.82) is 0 Å². The van der Waals surface area contributed by atoms with Gasteiger partial charge in [-0.3, -0.25) is 4.79 Å². The second-order valence-electron chi connectivity index (χ2n) is 6.10. The number of halogens is 1. The monoisotopic (exact) mass is 438 g/mol. The molecule has 0 unspecified atom stereocenters. The van der Waals surface area contributed by atoms with Crippen LogP contribution in [0.5, 0.6) is 0 Å². The first-order chi connectivity index (χ1) is 13.3. The molecule has 0 saturated heterocycles. The van der Waals surface area contributed by atoms with Crippen molar-refractivity contribution in [3.63, 3.8) is 0 Å². The van der Waals surface area contributed by atoms with Crippen LogP contribution in [-0.4, -0.2) is 26.3 Å². The Labute approximate surface area is 172 Å². The molecule has 0 aliphatic heterocycles. The minimum Gasteiger partial charge on any atom is -0.467 e. The molecule has 2 heterocycles. The molecule has 0 spiro atoms. The SMILES string of the molecule is CNS(=O)(=O)c1ccc(Cl)c(C(=O)N(Cc2ccco2)Cc2ccc(C)s2)c1. The summed E-state index contributed by atoms with van der Waals surface area (Å²) in [6.45, 7) is 2.59. The van der Waals surface area contributed by atoms with E-state index in [2.05, 4.69) is 4.72 Å². The number of nitrogens with zero attached hydrogens (tertiary/aromatic N) is 1. The number of nitrogens with one attached hydrogen (secondary N) is 1. The predicted octanol–water partition coefficient (Wildman–Crippen LogP) is 4.05. The number of carbonyl (C=O) groups excluding carboxylic acids is 1. The van der Waals surface area contributed by atoms with Gasteiger partial charge in [0.25, 0.3) is 5.91 Å². The third-order valence-corrected chi connectivity index (χ3v) is 6.83. The topological polar surface area (TPSA) is 79.6 Å². The van der Waals surface area contributed by atoms with Crippen LogP contribution in [0.4, 0.5) is 0 Å². The van der Waals surface area contributed by atoms with E-state index in [-0.39, 0.29) is 27.9 Å². The zero-order valence-electron chi connectivity index (χ0n) is 15.3. The van der Waals surface area contributed by atoms with Gasteiger partial charge in [-0.2, -0.15) is 0 Å². The molecule has 0 atom stereocenters. The number of sulfonamides is 1. The zero-order chi connectivity index (χ0) is 20.3. The van der Waals surface area contributed by atoms with Crippen molar-refractivity contribution in [2.75, 3.05) is 7.05 Å². The highest BCUT2D eigenvalue weighted by atomic mass is 35.5. The fraction of sp³-hybridized carbons (Fsp3) is 0.211. The standard InChI is InChI=1S/C19H19ClN2O4S2/c1-13-5-6-15(27-13)12-22(11-14-4-3-9-26-14)19(23)17-10-16(7-8-18(17)20)28(24,25)21-2/h3-10,21H,11-12H2,1-2H3. The van der Waals surface area contributed by atoms with Gasteiger partial charge in [0.05, 0.1) is 34.8 Å². The zero-order valence-corrected chi connectivity index (χ0v) is 17.7. The molecule has 1 amide bonds. The number of thiophene rings is 1. The van der Waals surface area contributed by atoms with Gasteiger partial charge in [-0.05, 0) is 56.4 Å². The molecule has 0 fully saturated rings. The highest BCUT2D eigenvalue weighted by molar-refractivity contribution is 7.89. The Morgan fingerprint density at radius 2 is 2.00 bits per heavy atom. The van der Waals surface area contributed by atoms with E-state index in [1.54, 1.807) is 34.6 Å². The van der Waals surface area contributed by atoms with Crippen molar-refractivity contribution in [1.82, 2.24) is 9.62 Å². The minimum atomic E-state index is -3.70. The molecule has 0 bridgehead atoms. The maximum Gasteiger partial charge on any atom is 0.256 e. The molecule has 9 heteroatoms. The molecule has 0 aliphatic carbocycles. The van der Waals surface area contributed by atoms with E-state index in [4.69, 9.17) is 16.0 Å². The maximum atomic E-state index is 13.3. The van der Waals surface area contributed by atoms with Crippen LogP contribution in [-0.2, 0) is 23.1 Å². The first-order valence-electron chi connectivity index (χ1n) is 8.40. The highest BCUT2D eigenvalue weighted by Gasteiger charge is 2.23. The molecule has 3 rings (SSSR count). The Hall–Kier alpha value is -2.13. The van der Waals surface area contributed by atoms with Crippen molar-refractivity contribution in [2.24, 2.45) is 0 Å². The van der Waals surface area contributed by atoms with Gasteiger partial charge in [0, 0.05) is 9.75 Å². The Morgan fingerprint density at radius 1 is 1.21 bits per heavy atom. The number of amides is 1. The van der Waals surface area contributed by atoms with Gasteiger partial charge in [0.2, 0.25) is 10.0 Å². The summed E-state index contributed by atoms with van der Waals surface area (Å²) in [5.41, 5.74) is 0.123. The Kier molecular flexibility index (Phi) is 6.24. The van der Waals surface area contributed by atoms with Crippen LogP contribution in [0.15, 0.2) is 58.0 Å². The average Bonchev–Trinajstić information content (AvgIpc) is 3.32. The Bertz CT molecular complexity index is 1080. The molecule has 2 aromatic heterocycles. The third kappa shape index (κ3) is 4.64. The lowest BCUT2D eigenvalue weighted by molar-refractivity contribution is 0.0719. The van der Waals surface area contributed by atoms with Gasteiger partial charge in [-0.15, -0.1) is 11.3 Å². The van der Waals surface area contributed by atoms with Crippen LogP contribution < -0.4 is 4.72 Å². The summed E-state index contributed by atoms with van der Waals surface area (Å²) >= 11 is 7.83. The molecule has 1 N–H and O–H groups in total. The molecule has 28 heavy (non-hydrogen) atoms. The van der Waals surface area contributed by atoms with E-state index in [0.717, 1.165) is 9.75 Å². The van der Waals surface area contributed by atoms with Crippen molar-refractivity contribution in [3.8, 4) is 0 Å². The van der Waals surface area contributed by atoms with Gasteiger partial charge in [-0.25, -0.2) is 13.1 Å². The summed E-state index contributed by atoms with van der Waals surface area (Å²) in [6, 6.07) is 11.6. The molecule has 0 radical (unpaired) electrons. The van der Waals surface area contributed by atoms with Crippen molar-refractivity contribution in [3.05, 3.63) is 74.8 Å². The maximum absolute atomic E-state index is 13.3. The van der Waals surface area contributed by atoms with Crippen LogP contribution >= 0.6 is 22.9 Å². The molecule has 3 aromatic rings. The summed E-state index contributed by atoms with van der Waals surface area (Å²) in [6.07, 6.45) is 1.54. The fourth-order valence-corrected chi connectivity index (χ4v) is 4.53. The lowest BCUT2D eigenvalue weighted by Crippen LogP contribution is -2.30. The molecular weight excluding hydrogens is 420 g/mol. The first kappa shape index (κ1) is 20.6. The summed E-state index contributed by atoms with van der Waals surface area (Å²) in [5, 5.41) is 0.187. The number of rotatable bonds is 7. The van der Waals surface area contributed by atoms with Crippen LogP contribution in [0.25, 0.3) is 0 Å². The Balaban J connectivity index is 1.97. The molecule has 6 nitrogen and oxygen atoms in total. The van der Waals surface area contributed by atoms with Gasteiger partial charge in [0.1, 0.15) is 5.76 Å².